The lowest BCUT2D eigenvalue weighted by Crippen LogP contribution is -2.22. The van der Waals surface area contributed by atoms with Crippen molar-refractivity contribution in [2.45, 2.75) is 6.54 Å². The van der Waals surface area contributed by atoms with Crippen molar-refractivity contribution >= 4 is 0 Å². The molecule has 0 radical (unpaired) electrons. The van der Waals surface area contributed by atoms with E-state index in [1.54, 1.807) is 30.5 Å². The van der Waals surface area contributed by atoms with Crippen LogP contribution in [0.5, 0.6) is 5.75 Å². The fraction of sp³-hybridized carbons (Fsp3) is 0.133. The molecule has 0 aliphatic carbocycles. The Morgan fingerprint density at radius 2 is 2.05 bits per heavy atom. The van der Waals surface area contributed by atoms with Crippen molar-refractivity contribution in [1.82, 2.24) is 4.57 Å². The highest BCUT2D eigenvalue weighted by Crippen LogP contribution is 2.20. The van der Waals surface area contributed by atoms with Crippen molar-refractivity contribution in [3.05, 3.63) is 63.6 Å². The Balaban J connectivity index is 2.48. The van der Waals surface area contributed by atoms with Crippen molar-refractivity contribution < 1.29 is 4.74 Å². The summed E-state index contributed by atoms with van der Waals surface area (Å²) in [6.07, 6.45) is 1.60. The van der Waals surface area contributed by atoms with Crippen LogP contribution in [0.1, 0.15) is 16.7 Å². The summed E-state index contributed by atoms with van der Waals surface area (Å²) in [4.78, 5) is 12.0. The molecule has 5 heteroatoms. The van der Waals surface area contributed by atoms with E-state index in [0.717, 1.165) is 0 Å². The van der Waals surface area contributed by atoms with E-state index in [9.17, 15) is 4.79 Å². The molecule has 2 aromatic rings. The molecule has 1 aromatic carbocycles. The van der Waals surface area contributed by atoms with Gasteiger partial charge in [0.2, 0.25) is 0 Å². The monoisotopic (exact) mass is 265 g/mol. The summed E-state index contributed by atoms with van der Waals surface area (Å²) in [7, 11) is 1.53. The fourth-order valence-corrected chi connectivity index (χ4v) is 1.90. The molecule has 0 atom stereocenters. The van der Waals surface area contributed by atoms with Crippen LogP contribution in [0.4, 0.5) is 0 Å². The Hall–Kier alpha value is -3.05. The van der Waals surface area contributed by atoms with Gasteiger partial charge in [0.05, 0.1) is 25.3 Å². The van der Waals surface area contributed by atoms with Gasteiger partial charge in [-0.05, 0) is 30.3 Å². The van der Waals surface area contributed by atoms with Gasteiger partial charge < -0.3 is 9.30 Å². The van der Waals surface area contributed by atoms with Gasteiger partial charge >= 0.3 is 0 Å². The van der Waals surface area contributed by atoms with Gasteiger partial charge in [0.15, 0.2) is 0 Å². The average Bonchev–Trinajstić information content (AvgIpc) is 2.49. The van der Waals surface area contributed by atoms with Crippen molar-refractivity contribution in [1.29, 1.82) is 10.5 Å². The minimum atomic E-state index is -0.362. The summed E-state index contributed by atoms with van der Waals surface area (Å²) in [6.45, 7) is 0.243. The lowest BCUT2D eigenvalue weighted by molar-refractivity contribution is 0.408. The molecule has 5 nitrogen and oxygen atoms in total. The van der Waals surface area contributed by atoms with E-state index in [0.29, 0.717) is 16.9 Å². The SMILES string of the molecule is COc1ccc(C#N)cc1Cn1cccc(C#N)c1=O. The summed E-state index contributed by atoms with van der Waals surface area (Å²) in [5, 5.41) is 17.8. The molecule has 0 saturated heterocycles. The molecule has 0 spiro atoms. The number of ether oxygens (including phenoxy) is 1. The van der Waals surface area contributed by atoms with Gasteiger partial charge in [0.1, 0.15) is 17.4 Å². The number of pyridine rings is 1. The molecule has 0 unspecified atom stereocenters. The number of nitrogens with zero attached hydrogens (tertiary/aromatic N) is 3. The normalized spacial score (nSPS) is 9.55. The molecule has 0 aliphatic rings. The quantitative estimate of drug-likeness (QED) is 0.845. The van der Waals surface area contributed by atoms with E-state index in [1.807, 2.05) is 12.1 Å². The number of methoxy groups -OCH3 is 1. The first-order chi connectivity index (χ1) is 9.69. The highest BCUT2D eigenvalue weighted by molar-refractivity contribution is 5.42. The zero-order valence-corrected chi connectivity index (χ0v) is 10.8. The van der Waals surface area contributed by atoms with Gasteiger partial charge in [-0.1, -0.05) is 0 Å². The van der Waals surface area contributed by atoms with Gasteiger partial charge in [0.25, 0.3) is 5.56 Å². The summed E-state index contributed by atoms with van der Waals surface area (Å²) in [5.41, 5.74) is 0.927. The first kappa shape index (κ1) is 13.4. The van der Waals surface area contributed by atoms with Crippen molar-refractivity contribution in [3.63, 3.8) is 0 Å². The largest absolute Gasteiger partial charge is 0.496 e. The fourth-order valence-electron chi connectivity index (χ4n) is 1.90. The Morgan fingerprint density at radius 1 is 1.25 bits per heavy atom. The van der Waals surface area contributed by atoms with E-state index in [-0.39, 0.29) is 17.7 Å². The molecule has 98 valence electrons. The molecule has 2 rings (SSSR count). The van der Waals surface area contributed by atoms with Gasteiger partial charge in [0, 0.05) is 11.8 Å². The second kappa shape index (κ2) is 5.73. The first-order valence-electron chi connectivity index (χ1n) is 5.86. The molecule has 1 aromatic heterocycles. The van der Waals surface area contributed by atoms with Gasteiger partial charge in [-0.25, -0.2) is 0 Å². The Kier molecular flexibility index (Phi) is 3.83. The molecular weight excluding hydrogens is 254 g/mol. The molecule has 0 bridgehead atoms. The van der Waals surface area contributed by atoms with Crippen LogP contribution in [0, 0.1) is 22.7 Å². The molecular formula is C15H11N3O2. The number of benzene rings is 1. The standard InChI is InChI=1S/C15H11N3O2/c1-20-14-5-4-11(8-16)7-13(14)10-18-6-2-3-12(9-17)15(18)19/h2-7H,10H2,1H3. The zero-order chi connectivity index (χ0) is 14.5. The lowest BCUT2D eigenvalue weighted by atomic mass is 10.1. The third-order valence-electron chi connectivity index (χ3n) is 2.89. The van der Waals surface area contributed by atoms with Crippen LogP contribution >= 0.6 is 0 Å². The second-order valence-corrected chi connectivity index (χ2v) is 4.11. The van der Waals surface area contributed by atoms with Gasteiger partial charge in [-0.3, -0.25) is 4.79 Å². The Labute approximate surface area is 115 Å². The summed E-state index contributed by atoms with van der Waals surface area (Å²) in [5.74, 6) is 0.596. The van der Waals surface area contributed by atoms with Crippen LogP contribution in [0.15, 0.2) is 41.3 Å². The summed E-state index contributed by atoms with van der Waals surface area (Å²) < 4.78 is 6.64. The number of rotatable bonds is 3. The molecule has 0 saturated carbocycles. The van der Waals surface area contributed by atoms with E-state index in [1.165, 1.54) is 17.7 Å². The average molecular weight is 265 g/mol. The van der Waals surface area contributed by atoms with Crippen LogP contribution in [0.3, 0.4) is 0 Å². The zero-order valence-electron chi connectivity index (χ0n) is 10.8. The highest BCUT2D eigenvalue weighted by atomic mass is 16.5. The third-order valence-corrected chi connectivity index (χ3v) is 2.89. The summed E-state index contributed by atoms with van der Waals surface area (Å²) in [6, 6.07) is 12.0. The number of hydrogen-bond donors (Lipinski definition) is 0. The Morgan fingerprint density at radius 3 is 2.70 bits per heavy atom. The molecule has 1 heterocycles. The third kappa shape index (κ3) is 2.52. The highest BCUT2D eigenvalue weighted by Gasteiger charge is 2.08. The van der Waals surface area contributed by atoms with Crippen LogP contribution in [-0.2, 0) is 6.54 Å². The summed E-state index contributed by atoms with van der Waals surface area (Å²) >= 11 is 0. The number of hydrogen-bond acceptors (Lipinski definition) is 4. The van der Waals surface area contributed by atoms with Crippen molar-refractivity contribution in [2.24, 2.45) is 0 Å². The van der Waals surface area contributed by atoms with E-state index >= 15 is 0 Å². The molecule has 0 fully saturated rings. The minimum absolute atomic E-state index is 0.0860. The Bertz CT molecular complexity index is 779. The maximum atomic E-state index is 12.0. The van der Waals surface area contributed by atoms with Crippen molar-refractivity contribution in [2.75, 3.05) is 7.11 Å². The van der Waals surface area contributed by atoms with Crippen LogP contribution in [0.2, 0.25) is 0 Å². The van der Waals surface area contributed by atoms with Crippen molar-refractivity contribution in [3.8, 4) is 17.9 Å². The van der Waals surface area contributed by atoms with Crippen LogP contribution in [0.25, 0.3) is 0 Å². The van der Waals surface area contributed by atoms with E-state index < -0.39 is 0 Å². The first-order valence-corrected chi connectivity index (χ1v) is 5.86. The lowest BCUT2D eigenvalue weighted by Gasteiger charge is -2.10. The predicted molar refractivity (Wildman–Crippen MR) is 72.2 cm³/mol. The number of aromatic nitrogens is 1. The topological polar surface area (TPSA) is 78.8 Å². The maximum Gasteiger partial charge on any atom is 0.268 e. The van der Waals surface area contributed by atoms with E-state index in [4.69, 9.17) is 15.3 Å². The molecule has 0 N–H and O–H groups in total. The maximum absolute atomic E-state index is 12.0. The van der Waals surface area contributed by atoms with E-state index in [2.05, 4.69) is 0 Å². The van der Waals surface area contributed by atoms with Gasteiger partial charge in [-0.2, -0.15) is 10.5 Å². The molecule has 20 heavy (non-hydrogen) atoms. The molecule has 0 amide bonds. The predicted octanol–water partition coefficient (Wildman–Crippen LogP) is 1.65. The van der Waals surface area contributed by atoms with Gasteiger partial charge in [-0.15, -0.1) is 0 Å². The van der Waals surface area contributed by atoms with Crippen LogP contribution < -0.4 is 10.3 Å². The van der Waals surface area contributed by atoms with Crippen LogP contribution in [-0.4, -0.2) is 11.7 Å². The molecule has 0 aliphatic heterocycles. The minimum Gasteiger partial charge on any atom is -0.496 e. The number of nitriles is 2. The smallest absolute Gasteiger partial charge is 0.268 e. The second-order valence-electron chi connectivity index (χ2n) is 4.11.